The van der Waals surface area contributed by atoms with Gasteiger partial charge < -0.3 is 10.8 Å². The van der Waals surface area contributed by atoms with E-state index in [9.17, 15) is 5.11 Å². The molecule has 1 fully saturated rings. The number of hydrogen-bond acceptors (Lipinski definition) is 3. The first-order valence-corrected chi connectivity index (χ1v) is 7.45. The molecular formula is C15H23ClN2O. The standard InChI is InChI=1S/C15H23ClN2O/c1-2-18(14-5-3-4-12(14)9-17)10-11-6-7-15(19)13(16)8-11/h6-8,12,14,19H,2-5,9-10,17H2,1H3. The predicted molar refractivity (Wildman–Crippen MR) is 79.4 cm³/mol. The molecule has 1 saturated carbocycles. The van der Waals surface area contributed by atoms with Crippen molar-refractivity contribution in [3.8, 4) is 5.75 Å². The highest BCUT2D eigenvalue weighted by atomic mass is 35.5. The van der Waals surface area contributed by atoms with Gasteiger partial charge in [-0.15, -0.1) is 0 Å². The maximum atomic E-state index is 9.46. The summed E-state index contributed by atoms with van der Waals surface area (Å²) >= 11 is 5.97. The summed E-state index contributed by atoms with van der Waals surface area (Å²) in [5, 5.41) is 9.89. The number of nitrogens with zero attached hydrogens (tertiary/aromatic N) is 1. The first-order chi connectivity index (χ1) is 9.15. The molecule has 0 heterocycles. The predicted octanol–water partition coefficient (Wildman–Crippen LogP) is 2.99. The van der Waals surface area contributed by atoms with Gasteiger partial charge in [0.2, 0.25) is 0 Å². The van der Waals surface area contributed by atoms with E-state index in [-0.39, 0.29) is 5.75 Å². The first kappa shape index (κ1) is 14.6. The number of halogens is 1. The van der Waals surface area contributed by atoms with Crippen LogP contribution < -0.4 is 5.73 Å². The van der Waals surface area contributed by atoms with Crippen molar-refractivity contribution in [1.82, 2.24) is 4.90 Å². The third-order valence-corrected chi connectivity index (χ3v) is 4.50. The number of aromatic hydroxyl groups is 1. The molecule has 0 bridgehead atoms. The molecule has 1 aromatic rings. The summed E-state index contributed by atoms with van der Waals surface area (Å²) in [6.45, 7) is 4.85. The second-order valence-corrected chi connectivity index (χ2v) is 5.75. The summed E-state index contributed by atoms with van der Waals surface area (Å²) in [5.74, 6) is 0.765. The second kappa shape index (κ2) is 6.60. The van der Waals surface area contributed by atoms with Crippen LogP contribution in [0.25, 0.3) is 0 Å². The molecule has 106 valence electrons. The van der Waals surface area contributed by atoms with Crippen LogP contribution in [0.3, 0.4) is 0 Å². The maximum Gasteiger partial charge on any atom is 0.134 e. The Morgan fingerprint density at radius 3 is 2.84 bits per heavy atom. The van der Waals surface area contributed by atoms with Gasteiger partial charge in [0.05, 0.1) is 5.02 Å². The van der Waals surface area contributed by atoms with Crippen molar-refractivity contribution in [3.63, 3.8) is 0 Å². The zero-order valence-corrected chi connectivity index (χ0v) is 12.2. The highest BCUT2D eigenvalue weighted by molar-refractivity contribution is 6.32. The minimum atomic E-state index is 0.147. The summed E-state index contributed by atoms with van der Waals surface area (Å²) < 4.78 is 0. The average molecular weight is 283 g/mol. The van der Waals surface area contributed by atoms with Crippen LogP contribution in [-0.4, -0.2) is 29.1 Å². The number of rotatable bonds is 5. The van der Waals surface area contributed by atoms with Crippen molar-refractivity contribution in [3.05, 3.63) is 28.8 Å². The number of phenolic OH excluding ortho intramolecular Hbond substituents is 1. The smallest absolute Gasteiger partial charge is 0.134 e. The quantitative estimate of drug-likeness (QED) is 0.873. The second-order valence-electron chi connectivity index (χ2n) is 5.34. The third kappa shape index (κ3) is 3.41. The van der Waals surface area contributed by atoms with Gasteiger partial charge in [-0.25, -0.2) is 0 Å². The highest BCUT2D eigenvalue weighted by Crippen LogP contribution is 2.31. The molecule has 2 unspecified atom stereocenters. The van der Waals surface area contributed by atoms with E-state index in [1.54, 1.807) is 6.07 Å². The van der Waals surface area contributed by atoms with E-state index < -0.39 is 0 Å². The third-order valence-electron chi connectivity index (χ3n) is 4.19. The fraction of sp³-hybridized carbons (Fsp3) is 0.600. The Morgan fingerprint density at radius 1 is 1.42 bits per heavy atom. The molecule has 1 aromatic carbocycles. The van der Waals surface area contributed by atoms with Crippen molar-refractivity contribution in [2.45, 2.75) is 38.8 Å². The zero-order chi connectivity index (χ0) is 13.8. The molecule has 4 heteroatoms. The molecule has 1 aliphatic rings. The lowest BCUT2D eigenvalue weighted by atomic mass is 10.0. The number of nitrogens with two attached hydrogens (primary N) is 1. The van der Waals surface area contributed by atoms with Crippen LogP contribution in [0, 0.1) is 5.92 Å². The summed E-state index contributed by atoms with van der Waals surface area (Å²) in [6.07, 6.45) is 3.76. The van der Waals surface area contributed by atoms with Gasteiger partial charge in [-0.1, -0.05) is 31.0 Å². The maximum absolute atomic E-state index is 9.46. The zero-order valence-electron chi connectivity index (χ0n) is 11.5. The van der Waals surface area contributed by atoms with E-state index >= 15 is 0 Å². The number of benzene rings is 1. The molecule has 0 aromatic heterocycles. The average Bonchev–Trinajstić information content (AvgIpc) is 2.88. The van der Waals surface area contributed by atoms with Crippen LogP contribution in [0.4, 0.5) is 0 Å². The summed E-state index contributed by atoms with van der Waals surface area (Å²) in [6, 6.07) is 6.05. The van der Waals surface area contributed by atoms with Crippen LogP contribution in [0.2, 0.25) is 5.02 Å². The van der Waals surface area contributed by atoms with Gasteiger partial charge in [0.25, 0.3) is 0 Å². The fourth-order valence-corrected chi connectivity index (χ4v) is 3.32. The van der Waals surface area contributed by atoms with Crippen LogP contribution >= 0.6 is 11.6 Å². The van der Waals surface area contributed by atoms with E-state index in [1.165, 1.54) is 19.3 Å². The SMILES string of the molecule is CCN(Cc1ccc(O)c(Cl)c1)C1CCCC1CN. The Labute approximate surface area is 120 Å². The van der Waals surface area contributed by atoms with E-state index in [0.717, 1.165) is 25.2 Å². The minimum absolute atomic E-state index is 0.147. The van der Waals surface area contributed by atoms with Gasteiger partial charge >= 0.3 is 0 Å². The molecule has 0 radical (unpaired) electrons. The molecule has 3 N–H and O–H groups in total. The number of phenols is 1. The van der Waals surface area contributed by atoms with Crippen molar-refractivity contribution >= 4 is 11.6 Å². The normalized spacial score (nSPS) is 23.2. The van der Waals surface area contributed by atoms with Gasteiger partial charge in [0, 0.05) is 12.6 Å². The van der Waals surface area contributed by atoms with Gasteiger partial charge in [-0.05, 0) is 49.5 Å². The highest BCUT2D eigenvalue weighted by Gasteiger charge is 2.30. The van der Waals surface area contributed by atoms with E-state index in [4.69, 9.17) is 17.3 Å². The van der Waals surface area contributed by atoms with E-state index in [0.29, 0.717) is 17.0 Å². The Bertz CT molecular complexity index is 425. The van der Waals surface area contributed by atoms with Crippen LogP contribution in [0.15, 0.2) is 18.2 Å². The molecule has 1 aliphatic carbocycles. The van der Waals surface area contributed by atoms with Gasteiger partial charge in [0.1, 0.15) is 5.75 Å². The molecule has 0 aliphatic heterocycles. The monoisotopic (exact) mass is 282 g/mol. The Hall–Kier alpha value is -0.770. The summed E-state index contributed by atoms with van der Waals surface area (Å²) in [4.78, 5) is 2.48. The van der Waals surface area contributed by atoms with Crippen LogP contribution in [-0.2, 0) is 6.54 Å². The Morgan fingerprint density at radius 2 is 2.21 bits per heavy atom. The van der Waals surface area contributed by atoms with Gasteiger partial charge in [-0.2, -0.15) is 0 Å². The fourth-order valence-electron chi connectivity index (χ4n) is 3.12. The molecule has 0 saturated heterocycles. The molecular weight excluding hydrogens is 260 g/mol. The molecule has 0 spiro atoms. The molecule has 2 rings (SSSR count). The van der Waals surface area contributed by atoms with Crippen molar-refractivity contribution < 1.29 is 5.11 Å². The van der Waals surface area contributed by atoms with Crippen molar-refractivity contribution in [2.75, 3.05) is 13.1 Å². The number of hydrogen-bond donors (Lipinski definition) is 2. The first-order valence-electron chi connectivity index (χ1n) is 7.07. The summed E-state index contributed by atoms with van der Waals surface area (Å²) in [7, 11) is 0. The minimum Gasteiger partial charge on any atom is -0.506 e. The lowest BCUT2D eigenvalue weighted by Crippen LogP contribution is -2.39. The Balaban J connectivity index is 2.08. The lowest BCUT2D eigenvalue weighted by molar-refractivity contribution is 0.162. The van der Waals surface area contributed by atoms with Gasteiger partial charge in [-0.3, -0.25) is 4.90 Å². The largest absolute Gasteiger partial charge is 0.506 e. The van der Waals surface area contributed by atoms with E-state index in [1.807, 2.05) is 12.1 Å². The molecule has 19 heavy (non-hydrogen) atoms. The lowest BCUT2D eigenvalue weighted by Gasteiger charge is -2.31. The molecule has 0 amide bonds. The van der Waals surface area contributed by atoms with E-state index in [2.05, 4.69) is 11.8 Å². The summed E-state index contributed by atoms with van der Waals surface area (Å²) in [5.41, 5.74) is 7.02. The van der Waals surface area contributed by atoms with Gasteiger partial charge in [0.15, 0.2) is 0 Å². The van der Waals surface area contributed by atoms with Crippen molar-refractivity contribution in [1.29, 1.82) is 0 Å². The van der Waals surface area contributed by atoms with Crippen molar-refractivity contribution in [2.24, 2.45) is 11.7 Å². The topological polar surface area (TPSA) is 49.5 Å². The molecule has 3 nitrogen and oxygen atoms in total. The molecule has 2 atom stereocenters. The van der Waals surface area contributed by atoms with Crippen LogP contribution in [0.5, 0.6) is 5.75 Å². The van der Waals surface area contributed by atoms with Crippen LogP contribution in [0.1, 0.15) is 31.7 Å². The Kier molecular flexibility index (Phi) is 5.08.